The highest BCUT2D eigenvalue weighted by Crippen LogP contribution is 2.45. The molecule has 6 rings (SSSR count). The van der Waals surface area contributed by atoms with Crippen LogP contribution in [0.15, 0.2) is 103 Å². The third kappa shape index (κ3) is 5.46. The normalized spacial score (nSPS) is 19.8. The third-order valence-electron chi connectivity index (χ3n) is 7.96. The maximum absolute atomic E-state index is 12.5. The number of aromatic nitrogens is 2. The van der Waals surface area contributed by atoms with Crippen LogP contribution in [0.3, 0.4) is 0 Å². The monoisotopic (exact) mass is 549 g/mol. The van der Waals surface area contributed by atoms with Crippen molar-refractivity contribution in [1.82, 2.24) is 15.3 Å². The Morgan fingerprint density at radius 1 is 1.00 bits per heavy atom. The van der Waals surface area contributed by atoms with Gasteiger partial charge in [0.25, 0.3) is 0 Å². The van der Waals surface area contributed by atoms with Gasteiger partial charge in [-0.2, -0.15) is 0 Å². The highest BCUT2D eigenvalue weighted by molar-refractivity contribution is 6.30. The summed E-state index contributed by atoms with van der Waals surface area (Å²) < 4.78 is 5.88. The predicted molar refractivity (Wildman–Crippen MR) is 161 cm³/mol. The Bertz CT molecular complexity index is 1600. The molecule has 3 unspecified atom stereocenters. The lowest BCUT2D eigenvalue weighted by Gasteiger charge is -2.43. The number of ether oxygens (including phenoxy) is 1. The number of pyridine rings is 2. The van der Waals surface area contributed by atoms with Gasteiger partial charge < -0.3 is 15.2 Å². The molecule has 1 fully saturated rings. The molecule has 5 aromatic rings. The summed E-state index contributed by atoms with van der Waals surface area (Å²) in [5.41, 5.74) is 5.00. The Morgan fingerprint density at radius 2 is 1.82 bits per heavy atom. The smallest absolute Gasteiger partial charge is 0.217 e. The number of piperidine rings is 1. The maximum atomic E-state index is 12.5. The predicted octanol–water partition coefficient (Wildman–Crippen LogP) is 6.82. The largest absolute Gasteiger partial charge is 0.481 e. The molecule has 0 spiro atoms. The Kier molecular flexibility index (Phi) is 7.53. The van der Waals surface area contributed by atoms with Crippen LogP contribution in [0.2, 0.25) is 5.02 Å². The van der Waals surface area contributed by atoms with Crippen molar-refractivity contribution in [3.8, 4) is 17.0 Å². The van der Waals surface area contributed by atoms with Crippen LogP contribution in [0.4, 0.5) is 0 Å². The lowest BCUT2D eigenvalue weighted by Crippen LogP contribution is -2.52. The van der Waals surface area contributed by atoms with Crippen molar-refractivity contribution in [3.05, 3.63) is 125 Å². The quantitative estimate of drug-likeness (QED) is 0.233. The highest BCUT2D eigenvalue weighted by atomic mass is 35.5. The first-order chi connectivity index (χ1) is 19.5. The van der Waals surface area contributed by atoms with Crippen molar-refractivity contribution >= 4 is 22.5 Å². The van der Waals surface area contributed by atoms with E-state index in [9.17, 15) is 5.11 Å². The van der Waals surface area contributed by atoms with Crippen molar-refractivity contribution in [2.45, 2.75) is 36.8 Å². The van der Waals surface area contributed by atoms with E-state index >= 15 is 0 Å². The molecule has 0 saturated carbocycles. The molecule has 0 bridgehead atoms. The van der Waals surface area contributed by atoms with Crippen molar-refractivity contribution in [2.75, 3.05) is 13.7 Å². The fraction of sp³-hybridized carbons (Fsp3) is 0.235. The highest BCUT2D eigenvalue weighted by Gasteiger charge is 2.44. The molecule has 0 radical (unpaired) electrons. The van der Waals surface area contributed by atoms with Crippen LogP contribution < -0.4 is 10.1 Å². The Balaban J connectivity index is 1.46. The molecule has 1 aliphatic heterocycles. The average Bonchev–Trinajstić information content (AvgIpc) is 2.98. The van der Waals surface area contributed by atoms with Gasteiger partial charge in [0.1, 0.15) is 0 Å². The fourth-order valence-electron chi connectivity index (χ4n) is 6.09. The zero-order valence-electron chi connectivity index (χ0n) is 22.4. The number of rotatable bonds is 7. The van der Waals surface area contributed by atoms with E-state index in [1.54, 1.807) is 13.3 Å². The molecule has 202 valence electrons. The summed E-state index contributed by atoms with van der Waals surface area (Å²) in [7, 11) is 1.64. The van der Waals surface area contributed by atoms with Gasteiger partial charge in [-0.1, -0.05) is 66.2 Å². The van der Waals surface area contributed by atoms with Gasteiger partial charge in [0.05, 0.1) is 18.2 Å². The molecule has 0 aliphatic carbocycles. The first-order valence-corrected chi connectivity index (χ1v) is 14.0. The summed E-state index contributed by atoms with van der Waals surface area (Å²) >= 11 is 6.29. The van der Waals surface area contributed by atoms with Crippen LogP contribution in [0.1, 0.15) is 35.4 Å². The zero-order valence-corrected chi connectivity index (χ0v) is 23.2. The summed E-state index contributed by atoms with van der Waals surface area (Å²) in [6.07, 6.45) is 5.67. The average molecular weight is 550 g/mol. The van der Waals surface area contributed by atoms with E-state index in [2.05, 4.69) is 52.8 Å². The number of methoxy groups -OCH3 is 1. The van der Waals surface area contributed by atoms with E-state index < -0.39 is 5.60 Å². The second-order valence-electron chi connectivity index (χ2n) is 10.6. The maximum Gasteiger partial charge on any atom is 0.217 e. The summed E-state index contributed by atoms with van der Waals surface area (Å²) in [5.74, 6) is 0.159. The number of nitrogens with one attached hydrogen (secondary N) is 1. The van der Waals surface area contributed by atoms with Crippen molar-refractivity contribution in [3.63, 3.8) is 0 Å². The number of aliphatic hydroxyl groups is 1. The minimum Gasteiger partial charge on any atom is -0.481 e. The number of nitrogens with zero attached hydrogens (tertiary/aromatic N) is 2. The fourth-order valence-corrected chi connectivity index (χ4v) is 6.22. The molecule has 5 nitrogen and oxygen atoms in total. The van der Waals surface area contributed by atoms with Crippen LogP contribution in [0, 0.1) is 0 Å². The molecule has 3 atom stereocenters. The SMILES string of the molecule is COc1nc2ccc(-c3cccnc3)cc2cc1C(c1ccc(Cl)cc1)C1(O)CCNC(Cc2ccccc2)C1. The molecular formula is C34H32ClN3O2. The van der Waals surface area contributed by atoms with Crippen LogP contribution in [-0.2, 0) is 6.42 Å². The van der Waals surface area contributed by atoms with Gasteiger partial charge in [-0.15, -0.1) is 0 Å². The molecule has 2 aromatic heterocycles. The third-order valence-corrected chi connectivity index (χ3v) is 8.22. The van der Waals surface area contributed by atoms with E-state index in [-0.39, 0.29) is 12.0 Å². The second-order valence-corrected chi connectivity index (χ2v) is 11.1. The number of benzene rings is 3. The van der Waals surface area contributed by atoms with Gasteiger partial charge >= 0.3 is 0 Å². The topological polar surface area (TPSA) is 67.3 Å². The lowest BCUT2D eigenvalue weighted by molar-refractivity contribution is -0.0191. The minimum atomic E-state index is -1.03. The van der Waals surface area contributed by atoms with Gasteiger partial charge in [0.15, 0.2) is 0 Å². The molecule has 1 aliphatic rings. The van der Waals surface area contributed by atoms with Gasteiger partial charge in [-0.05, 0) is 78.9 Å². The zero-order chi connectivity index (χ0) is 27.5. The van der Waals surface area contributed by atoms with Crippen molar-refractivity contribution < 1.29 is 9.84 Å². The summed E-state index contributed by atoms with van der Waals surface area (Å²) in [6.45, 7) is 0.715. The number of fused-ring (bicyclic) bond motifs is 1. The number of halogens is 1. The van der Waals surface area contributed by atoms with E-state index in [0.29, 0.717) is 30.3 Å². The first-order valence-electron chi connectivity index (χ1n) is 13.7. The molecular weight excluding hydrogens is 518 g/mol. The summed E-state index contributed by atoms with van der Waals surface area (Å²) in [4.78, 5) is 9.20. The molecule has 1 saturated heterocycles. The van der Waals surface area contributed by atoms with Gasteiger partial charge in [0.2, 0.25) is 5.88 Å². The summed E-state index contributed by atoms with van der Waals surface area (Å²) in [6, 6.07) is 30.7. The molecule has 0 amide bonds. The summed E-state index contributed by atoms with van der Waals surface area (Å²) in [5, 5.41) is 17.8. The Labute approximate surface area is 239 Å². The Morgan fingerprint density at radius 3 is 2.58 bits per heavy atom. The second kappa shape index (κ2) is 11.4. The lowest BCUT2D eigenvalue weighted by atomic mass is 9.70. The number of hydrogen-bond donors (Lipinski definition) is 2. The Hall–Kier alpha value is -3.77. The van der Waals surface area contributed by atoms with Crippen LogP contribution >= 0.6 is 11.6 Å². The van der Waals surface area contributed by atoms with Gasteiger partial charge in [0, 0.05) is 45.9 Å². The van der Waals surface area contributed by atoms with Crippen LogP contribution in [-0.4, -0.2) is 40.4 Å². The standard InChI is InChI=1S/C34H32ClN3O2/c1-40-33-30(20-27-19-25(11-14-31(27)38-33)26-8-5-16-36-22-26)32(24-9-12-28(35)13-10-24)34(39)15-17-37-29(21-34)18-23-6-3-2-4-7-23/h2-14,16,19-20,22,29,32,37,39H,15,17-18,21H2,1H3. The van der Waals surface area contributed by atoms with E-state index in [1.165, 1.54) is 5.56 Å². The molecule has 40 heavy (non-hydrogen) atoms. The van der Waals surface area contributed by atoms with E-state index in [1.807, 2.05) is 54.7 Å². The van der Waals surface area contributed by atoms with Crippen LogP contribution in [0.25, 0.3) is 22.0 Å². The number of hydrogen-bond acceptors (Lipinski definition) is 5. The van der Waals surface area contributed by atoms with E-state index in [0.717, 1.165) is 39.6 Å². The minimum absolute atomic E-state index is 0.132. The first kappa shape index (κ1) is 26.5. The van der Waals surface area contributed by atoms with Gasteiger partial charge in [-0.25, -0.2) is 4.98 Å². The molecule has 6 heteroatoms. The van der Waals surface area contributed by atoms with Gasteiger partial charge in [-0.3, -0.25) is 4.98 Å². The molecule has 2 N–H and O–H groups in total. The van der Waals surface area contributed by atoms with Crippen molar-refractivity contribution in [1.29, 1.82) is 0 Å². The van der Waals surface area contributed by atoms with E-state index in [4.69, 9.17) is 21.3 Å². The van der Waals surface area contributed by atoms with Crippen LogP contribution in [0.5, 0.6) is 5.88 Å². The molecule has 3 heterocycles. The molecule has 3 aromatic carbocycles. The van der Waals surface area contributed by atoms with Crippen molar-refractivity contribution in [2.24, 2.45) is 0 Å².